The molecule has 1 saturated heterocycles. The van der Waals surface area contributed by atoms with Crippen LogP contribution in [0.15, 0.2) is 30.3 Å². The van der Waals surface area contributed by atoms with E-state index in [0.717, 1.165) is 18.4 Å². The molecular weight excluding hydrogens is 278 g/mol. The van der Waals surface area contributed by atoms with Gasteiger partial charge in [0.1, 0.15) is 0 Å². The third-order valence-corrected chi connectivity index (χ3v) is 3.85. The summed E-state index contributed by atoms with van der Waals surface area (Å²) in [6.45, 7) is 5.37. The molecule has 1 heterocycles. The molecule has 1 aromatic carbocycles. The molecule has 0 bridgehead atoms. The Morgan fingerprint density at radius 1 is 1.32 bits per heavy atom. The van der Waals surface area contributed by atoms with Crippen LogP contribution >= 0.6 is 0 Å². The van der Waals surface area contributed by atoms with Gasteiger partial charge >= 0.3 is 5.97 Å². The second kappa shape index (κ2) is 7.78. The van der Waals surface area contributed by atoms with Crippen molar-refractivity contribution in [3.05, 3.63) is 41.5 Å². The average Bonchev–Trinajstić information content (AvgIpc) is 2.54. The largest absolute Gasteiger partial charge is 0.466 e. The molecule has 1 aromatic rings. The predicted molar refractivity (Wildman–Crippen MR) is 86.2 cm³/mol. The predicted octanol–water partition coefficient (Wildman–Crippen LogP) is 2.81. The summed E-state index contributed by atoms with van der Waals surface area (Å²) in [6.07, 6.45) is 5.03. The molecule has 118 valence electrons. The van der Waals surface area contributed by atoms with Crippen LogP contribution in [0, 0.1) is 12.8 Å². The first-order chi connectivity index (χ1) is 10.6. The Morgan fingerprint density at radius 2 is 2.05 bits per heavy atom. The highest BCUT2D eigenvalue weighted by Gasteiger charge is 2.28. The lowest BCUT2D eigenvalue weighted by Gasteiger charge is -2.30. The van der Waals surface area contributed by atoms with E-state index in [2.05, 4.69) is 0 Å². The van der Waals surface area contributed by atoms with Gasteiger partial charge in [-0.2, -0.15) is 0 Å². The second-order valence-electron chi connectivity index (χ2n) is 5.62. The zero-order valence-electron chi connectivity index (χ0n) is 13.2. The molecule has 0 aromatic heterocycles. The molecule has 1 amide bonds. The Kier molecular flexibility index (Phi) is 5.75. The van der Waals surface area contributed by atoms with Crippen molar-refractivity contribution >= 4 is 18.0 Å². The molecule has 4 heteroatoms. The summed E-state index contributed by atoms with van der Waals surface area (Å²) in [4.78, 5) is 25.8. The number of piperidine rings is 1. The molecule has 22 heavy (non-hydrogen) atoms. The number of benzene rings is 1. The summed E-state index contributed by atoms with van der Waals surface area (Å²) in [5.41, 5.74) is 2.19. The van der Waals surface area contributed by atoms with Crippen molar-refractivity contribution < 1.29 is 14.3 Å². The quantitative estimate of drug-likeness (QED) is 0.634. The normalized spacial score (nSPS) is 18.5. The van der Waals surface area contributed by atoms with Gasteiger partial charge in [0.05, 0.1) is 12.5 Å². The van der Waals surface area contributed by atoms with Gasteiger partial charge in [-0.1, -0.05) is 29.8 Å². The number of likely N-dealkylation sites (tertiary alicyclic amines) is 1. The van der Waals surface area contributed by atoms with Crippen LogP contribution in [0.3, 0.4) is 0 Å². The molecule has 1 fully saturated rings. The molecule has 4 nitrogen and oxygen atoms in total. The van der Waals surface area contributed by atoms with Crippen molar-refractivity contribution in [2.75, 3.05) is 19.7 Å². The van der Waals surface area contributed by atoms with Crippen molar-refractivity contribution in [2.45, 2.75) is 26.7 Å². The van der Waals surface area contributed by atoms with Gasteiger partial charge in [0, 0.05) is 19.2 Å². The number of nitrogens with zero attached hydrogens (tertiary/aromatic N) is 1. The van der Waals surface area contributed by atoms with E-state index >= 15 is 0 Å². The highest BCUT2D eigenvalue weighted by Crippen LogP contribution is 2.18. The maximum absolute atomic E-state index is 12.3. The lowest BCUT2D eigenvalue weighted by atomic mass is 9.98. The van der Waals surface area contributed by atoms with E-state index in [-0.39, 0.29) is 17.8 Å². The Morgan fingerprint density at radius 3 is 2.73 bits per heavy atom. The van der Waals surface area contributed by atoms with Gasteiger partial charge in [-0.05, 0) is 38.3 Å². The molecule has 0 saturated carbocycles. The van der Waals surface area contributed by atoms with Gasteiger partial charge in [0.15, 0.2) is 0 Å². The number of carbonyl (C=O) groups excluding carboxylic acids is 2. The average molecular weight is 301 g/mol. The Bertz CT molecular complexity index is 548. The molecule has 1 aliphatic rings. The van der Waals surface area contributed by atoms with E-state index < -0.39 is 0 Å². The minimum absolute atomic E-state index is 0.0467. The summed E-state index contributed by atoms with van der Waals surface area (Å²) < 4.78 is 5.05. The lowest BCUT2D eigenvalue weighted by Crippen LogP contribution is -2.42. The van der Waals surface area contributed by atoms with E-state index in [4.69, 9.17) is 4.74 Å². The van der Waals surface area contributed by atoms with Crippen molar-refractivity contribution in [1.82, 2.24) is 4.90 Å². The van der Waals surface area contributed by atoms with Crippen LogP contribution in [0.4, 0.5) is 0 Å². The first-order valence-corrected chi connectivity index (χ1v) is 7.80. The second-order valence-corrected chi connectivity index (χ2v) is 5.62. The number of carbonyl (C=O) groups is 2. The van der Waals surface area contributed by atoms with Gasteiger partial charge in [0.25, 0.3) is 0 Å². The summed E-state index contributed by atoms with van der Waals surface area (Å²) in [5, 5.41) is 0. The highest BCUT2D eigenvalue weighted by molar-refractivity contribution is 5.92. The van der Waals surface area contributed by atoms with E-state index in [1.807, 2.05) is 37.3 Å². The zero-order chi connectivity index (χ0) is 15.9. The van der Waals surface area contributed by atoms with Gasteiger partial charge in [-0.15, -0.1) is 0 Å². The Balaban J connectivity index is 1.94. The van der Waals surface area contributed by atoms with Crippen molar-refractivity contribution in [3.8, 4) is 0 Å². The third kappa shape index (κ3) is 4.45. The summed E-state index contributed by atoms with van der Waals surface area (Å²) in [5.74, 6) is -0.428. The van der Waals surface area contributed by atoms with Crippen LogP contribution in [0.25, 0.3) is 6.08 Å². The summed E-state index contributed by atoms with van der Waals surface area (Å²) >= 11 is 0. The molecule has 0 radical (unpaired) electrons. The SMILES string of the molecule is CCOC(=O)C1CCCN(C(=O)/C=C/c2ccc(C)cc2)C1. The smallest absolute Gasteiger partial charge is 0.310 e. The van der Waals surface area contributed by atoms with Gasteiger partial charge in [-0.3, -0.25) is 9.59 Å². The van der Waals surface area contributed by atoms with Gasteiger partial charge in [0.2, 0.25) is 5.91 Å². The van der Waals surface area contributed by atoms with Crippen molar-refractivity contribution in [3.63, 3.8) is 0 Å². The number of ether oxygens (including phenoxy) is 1. The molecule has 1 unspecified atom stereocenters. The monoisotopic (exact) mass is 301 g/mol. The van der Waals surface area contributed by atoms with Crippen LogP contribution in [0.2, 0.25) is 0 Å². The van der Waals surface area contributed by atoms with E-state index in [0.29, 0.717) is 19.7 Å². The van der Waals surface area contributed by atoms with E-state index in [9.17, 15) is 9.59 Å². The first-order valence-electron chi connectivity index (χ1n) is 7.80. The first kappa shape index (κ1) is 16.3. The fourth-order valence-corrected chi connectivity index (χ4v) is 2.58. The van der Waals surface area contributed by atoms with Crippen molar-refractivity contribution in [2.24, 2.45) is 5.92 Å². The Labute approximate surface area is 131 Å². The third-order valence-electron chi connectivity index (χ3n) is 3.85. The molecule has 1 atom stereocenters. The van der Waals surface area contributed by atoms with Crippen LogP contribution in [-0.2, 0) is 14.3 Å². The molecule has 0 aliphatic carbocycles. The van der Waals surface area contributed by atoms with Crippen LogP contribution in [-0.4, -0.2) is 36.5 Å². The van der Waals surface area contributed by atoms with Crippen LogP contribution < -0.4 is 0 Å². The van der Waals surface area contributed by atoms with E-state index in [1.165, 1.54) is 5.56 Å². The lowest BCUT2D eigenvalue weighted by molar-refractivity contribution is -0.150. The van der Waals surface area contributed by atoms with Crippen LogP contribution in [0.5, 0.6) is 0 Å². The number of esters is 1. The molecule has 0 spiro atoms. The number of hydrogen-bond donors (Lipinski definition) is 0. The van der Waals surface area contributed by atoms with Crippen LogP contribution in [0.1, 0.15) is 30.9 Å². The van der Waals surface area contributed by atoms with Gasteiger partial charge < -0.3 is 9.64 Å². The Hall–Kier alpha value is -2.10. The van der Waals surface area contributed by atoms with E-state index in [1.54, 1.807) is 17.9 Å². The summed E-state index contributed by atoms with van der Waals surface area (Å²) in [6, 6.07) is 8.00. The molecule has 2 rings (SSSR count). The molecule has 1 aliphatic heterocycles. The zero-order valence-corrected chi connectivity index (χ0v) is 13.2. The standard InChI is InChI=1S/C18H23NO3/c1-3-22-18(21)16-5-4-12-19(13-16)17(20)11-10-15-8-6-14(2)7-9-15/h6-11,16H,3-5,12-13H2,1-2H3/b11-10+. The fourth-order valence-electron chi connectivity index (χ4n) is 2.58. The highest BCUT2D eigenvalue weighted by atomic mass is 16.5. The maximum atomic E-state index is 12.3. The number of amides is 1. The molecule has 0 N–H and O–H groups in total. The number of rotatable bonds is 4. The maximum Gasteiger partial charge on any atom is 0.310 e. The van der Waals surface area contributed by atoms with Crippen molar-refractivity contribution in [1.29, 1.82) is 0 Å². The fraction of sp³-hybridized carbons (Fsp3) is 0.444. The minimum Gasteiger partial charge on any atom is -0.466 e. The number of hydrogen-bond acceptors (Lipinski definition) is 3. The van der Waals surface area contributed by atoms with Gasteiger partial charge in [-0.25, -0.2) is 0 Å². The topological polar surface area (TPSA) is 46.6 Å². The summed E-state index contributed by atoms with van der Waals surface area (Å²) in [7, 11) is 0. The molecular formula is C18H23NO3. The minimum atomic E-state index is -0.192. The number of aryl methyl sites for hydroxylation is 1.